The topological polar surface area (TPSA) is 180 Å². The summed E-state index contributed by atoms with van der Waals surface area (Å²) in [4.78, 5) is 66.1. The molecule has 12 heteroatoms. The number of carboxylic acids is 1. The Morgan fingerprint density at radius 3 is 1.43 bits per heavy atom. The Hall–Kier alpha value is -3.80. The molecule has 3 atom stereocenters. The molecule has 0 saturated heterocycles. The van der Waals surface area contributed by atoms with Gasteiger partial charge in [-0.1, -0.05) is 36.5 Å². The number of ketones is 1. The molecule has 2 N–H and O–H groups in total. The first-order chi connectivity index (χ1) is 25.0. The molecule has 0 aromatic rings. The molecular weight excluding hydrogens is 684 g/mol. The van der Waals surface area contributed by atoms with Gasteiger partial charge in [-0.2, -0.15) is 0 Å². The third kappa shape index (κ3) is 16.4. The number of hydrogen-bond donors (Lipinski definition) is 2. The van der Waals surface area contributed by atoms with Gasteiger partial charge >= 0.3 is 29.8 Å². The maximum atomic E-state index is 11.4. The summed E-state index contributed by atoms with van der Waals surface area (Å²) in [5.74, 6) is -1.02. The minimum atomic E-state index is -0.671. The lowest BCUT2D eigenvalue weighted by Crippen LogP contribution is -2.27. The van der Waals surface area contributed by atoms with E-state index in [4.69, 9.17) is 24.1 Å². The standard InChI is InChI=1S/C9H16O3.C9H14O3.C9H14O2.C8H12O2.C6H8O2/c2*1-3-12-8(11)9(2)5-4-7(10)6-9;1-3-11-8(10)9(2)6-4-5-7-9;1-2-10-8(9)7-5-3-4-6-7;7-6(8)5-3-1-2-4-5/h7,10H,3-6H2,1-2H3;3-6H2,1-2H3;4-5H,3,6-7H2,1-2H3;3-4,7H,2,5-6H2,1H3;1-2,5H,3-4H2,(H,7,8). The average molecular weight is 749 g/mol. The van der Waals surface area contributed by atoms with Crippen LogP contribution in [0.5, 0.6) is 0 Å². The van der Waals surface area contributed by atoms with Gasteiger partial charge in [-0.3, -0.25) is 28.8 Å². The molecule has 5 aliphatic carbocycles. The molecule has 0 amide bonds. The van der Waals surface area contributed by atoms with Crippen molar-refractivity contribution in [2.75, 3.05) is 26.4 Å². The van der Waals surface area contributed by atoms with Crippen molar-refractivity contribution in [3.63, 3.8) is 0 Å². The summed E-state index contributed by atoms with van der Waals surface area (Å²) >= 11 is 0. The van der Waals surface area contributed by atoms with Crippen LogP contribution in [0.25, 0.3) is 0 Å². The Labute approximate surface area is 315 Å². The summed E-state index contributed by atoms with van der Waals surface area (Å²) in [5, 5.41) is 17.6. The molecule has 0 aromatic heterocycles. The highest BCUT2D eigenvalue weighted by atomic mass is 16.5. The third-order valence-electron chi connectivity index (χ3n) is 9.85. The number of carboxylic acid groups (broad SMARTS) is 1. The number of rotatable bonds is 9. The van der Waals surface area contributed by atoms with Crippen LogP contribution in [0.1, 0.15) is 126 Å². The van der Waals surface area contributed by atoms with Gasteiger partial charge in [-0.25, -0.2) is 0 Å². The molecule has 0 radical (unpaired) electrons. The van der Waals surface area contributed by atoms with Gasteiger partial charge in [-0.05, 0) is 113 Å². The Morgan fingerprint density at radius 2 is 1.08 bits per heavy atom. The number of aliphatic carboxylic acids is 1. The van der Waals surface area contributed by atoms with Crippen LogP contribution in [0.2, 0.25) is 0 Å². The number of aliphatic hydroxyl groups is 1. The van der Waals surface area contributed by atoms with Crippen LogP contribution in [0.3, 0.4) is 0 Å². The second-order valence-electron chi connectivity index (χ2n) is 14.7. The number of carbonyl (C=O) groups excluding carboxylic acids is 5. The Bertz CT molecular complexity index is 1280. The van der Waals surface area contributed by atoms with Crippen LogP contribution in [0, 0.1) is 28.1 Å². The van der Waals surface area contributed by atoms with Crippen LogP contribution in [-0.2, 0) is 47.7 Å². The first-order valence-electron chi connectivity index (χ1n) is 19.1. The number of Topliss-reactive ketones (excluding diaryl/α,β-unsaturated/α-hetero) is 1. The van der Waals surface area contributed by atoms with Gasteiger partial charge in [0.1, 0.15) is 5.78 Å². The van der Waals surface area contributed by atoms with Crippen LogP contribution in [0.15, 0.2) is 36.5 Å². The highest BCUT2D eigenvalue weighted by Crippen LogP contribution is 2.39. The van der Waals surface area contributed by atoms with Crippen molar-refractivity contribution in [3.8, 4) is 0 Å². The zero-order chi connectivity index (χ0) is 40.1. The zero-order valence-corrected chi connectivity index (χ0v) is 33.0. The Morgan fingerprint density at radius 1 is 0.642 bits per heavy atom. The van der Waals surface area contributed by atoms with E-state index in [0.29, 0.717) is 52.1 Å². The molecular formula is C41H64O12. The van der Waals surface area contributed by atoms with Crippen molar-refractivity contribution in [2.24, 2.45) is 28.1 Å². The van der Waals surface area contributed by atoms with Crippen molar-refractivity contribution in [2.45, 2.75) is 132 Å². The fourth-order valence-corrected chi connectivity index (χ4v) is 6.34. The predicted octanol–water partition coefficient (Wildman–Crippen LogP) is 6.87. The number of aliphatic hydroxyl groups excluding tert-OH is 1. The van der Waals surface area contributed by atoms with E-state index in [1.807, 2.05) is 64.2 Å². The number of hydrogen-bond acceptors (Lipinski definition) is 11. The largest absolute Gasteiger partial charge is 0.481 e. The van der Waals surface area contributed by atoms with Gasteiger partial charge in [0.25, 0.3) is 0 Å². The minimum absolute atomic E-state index is 0.0486. The first-order valence-corrected chi connectivity index (χ1v) is 19.1. The monoisotopic (exact) mass is 748 g/mol. The second kappa shape index (κ2) is 23.8. The van der Waals surface area contributed by atoms with E-state index in [-0.39, 0.29) is 53.0 Å². The summed E-state index contributed by atoms with van der Waals surface area (Å²) in [5.41, 5.74) is -1.24. The zero-order valence-electron chi connectivity index (χ0n) is 33.0. The fraction of sp³-hybridized carbons (Fsp3) is 0.707. The smallest absolute Gasteiger partial charge is 0.312 e. The molecule has 0 aliphatic heterocycles. The van der Waals surface area contributed by atoms with Crippen molar-refractivity contribution >= 4 is 35.6 Å². The van der Waals surface area contributed by atoms with Crippen molar-refractivity contribution < 1.29 is 57.9 Å². The summed E-state index contributed by atoms with van der Waals surface area (Å²) in [6, 6.07) is 0. The van der Waals surface area contributed by atoms with Crippen LogP contribution in [0.4, 0.5) is 0 Å². The molecule has 5 aliphatic rings. The lowest BCUT2D eigenvalue weighted by atomic mass is 9.88. The fourth-order valence-electron chi connectivity index (χ4n) is 6.34. The summed E-state index contributed by atoms with van der Waals surface area (Å²) in [7, 11) is 0. The summed E-state index contributed by atoms with van der Waals surface area (Å²) < 4.78 is 19.6. The van der Waals surface area contributed by atoms with Crippen molar-refractivity contribution in [1.29, 1.82) is 0 Å². The SMILES string of the molecule is CCOC(=O)C1(C)CC=CC1.CCOC(=O)C1(C)CCC(=O)C1.CCOC(=O)C1(C)CCC(O)C1.CCOC(=O)C1CC=CC1.O=C(O)C1CC=CC1. The molecule has 0 spiro atoms. The van der Waals surface area contributed by atoms with Gasteiger partial charge in [0, 0.05) is 12.8 Å². The summed E-state index contributed by atoms with van der Waals surface area (Å²) in [6.07, 6.45) is 20.0. The van der Waals surface area contributed by atoms with E-state index in [2.05, 4.69) is 0 Å². The molecule has 53 heavy (non-hydrogen) atoms. The quantitative estimate of drug-likeness (QED) is 0.142. The van der Waals surface area contributed by atoms with E-state index in [0.717, 1.165) is 51.4 Å². The van der Waals surface area contributed by atoms with Gasteiger partial charge in [-0.15, -0.1) is 0 Å². The maximum Gasteiger partial charge on any atom is 0.312 e. The van der Waals surface area contributed by atoms with Crippen molar-refractivity contribution in [3.05, 3.63) is 36.5 Å². The van der Waals surface area contributed by atoms with E-state index < -0.39 is 16.8 Å². The molecule has 300 valence electrons. The normalized spacial score (nSPS) is 25.0. The van der Waals surface area contributed by atoms with Crippen LogP contribution < -0.4 is 0 Å². The lowest BCUT2D eigenvalue weighted by Gasteiger charge is -2.20. The molecule has 12 nitrogen and oxygen atoms in total. The van der Waals surface area contributed by atoms with Gasteiger partial charge in [0.2, 0.25) is 0 Å². The molecule has 2 saturated carbocycles. The highest BCUT2D eigenvalue weighted by Gasteiger charge is 2.42. The first kappa shape index (κ1) is 47.2. The third-order valence-corrected chi connectivity index (χ3v) is 9.85. The molecule has 0 bridgehead atoms. The second-order valence-corrected chi connectivity index (χ2v) is 14.7. The molecule has 2 fully saturated rings. The van der Waals surface area contributed by atoms with E-state index in [9.17, 15) is 33.9 Å². The van der Waals surface area contributed by atoms with Gasteiger partial charge < -0.3 is 29.2 Å². The van der Waals surface area contributed by atoms with Crippen molar-refractivity contribution in [1.82, 2.24) is 0 Å². The predicted molar refractivity (Wildman–Crippen MR) is 199 cm³/mol. The number of allylic oxidation sites excluding steroid dienone is 6. The maximum absolute atomic E-state index is 11.4. The minimum Gasteiger partial charge on any atom is -0.481 e. The Kier molecular flexibility index (Phi) is 21.2. The molecule has 0 aromatic carbocycles. The molecule has 3 unspecified atom stereocenters. The van der Waals surface area contributed by atoms with E-state index in [1.165, 1.54) is 0 Å². The number of carbonyl (C=O) groups is 6. The van der Waals surface area contributed by atoms with E-state index >= 15 is 0 Å². The molecule has 5 rings (SSSR count). The summed E-state index contributed by atoms with van der Waals surface area (Å²) in [6.45, 7) is 14.6. The number of ether oxygens (including phenoxy) is 4. The molecule has 0 heterocycles. The van der Waals surface area contributed by atoms with Gasteiger partial charge in [0.05, 0.1) is 60.6 Å². The average Bonchev–Trinajstić information content (AvgIpc) is 3.96. The lowest BCUT2D eigenvalue weighted by molar-refractivity contribution is -0.155. The number of esters is 4. The van der Waals surface area contributed by atoms with E-state index in [1.54, 1.807) is 20.8 Å². The highest BCUT2D eigenvalue weighted by molar-refractivity contribution is 5.90. The Balaban J connectivity index is 0.000000333. The van der Waals surface area contributed by atoms with Crippen LogP contribution >= 0.6 is 0 Å². The van der Waals surface area contributed by atoms with Gasteiger partial charge in [0.15, 0.2) is 0 Å². The van der Waals surface area contributed by atoms with Crippen LogP contribution in [-0.4, -0.2) is 78.4 Å².